The monoisotopic (exact) mass is 318 g/mol. The summed E-state index contributed by atoms with van der Waals surface area (Å²) in [5.74, 6) is -0.226. The lowest BCUT2D eigenvalue weighted by Crippen LogP contribution is -2.27. The Morgan fingerprint density at radius 1 is 1.21 bits per heavy atom. The molecule has 0 spiro atoms. The van der Waals surface area contributed by atoms with Crippen molar-refractivity contribution in [3.8, 4) is 0 Å². The molecule has 0 saturated heterocycles. The van der Waals surface area contributed by atoms with Gasteiger partial charge in [-0.1, -0.05) is 36.4 Å². The zero-order valence-electron chi connectivity index (χ0n) is 10.6. The summed E-state index contributed by atoms with van der Waals surface area (Å²) in [6, 6.07) is 14.4. The minimum absolute atomic E-state index is 0.226. The van der Waals surface area contributed by atoms with E-state index >= 15 is 0 Å². The number of halogens is 1. The van der Waals surface area contributed by atoms with E-state index in [0.717, 1.165) is 21.3 Å². The van der Waals surface area contributed by atoms with Crippen LogP contribution in [0.15, 0.2) is 53.0 Å². The normalized spacial score (nSPS) is 11.9. The fourth-order valence-corrected chi connectivity index (χ4v) is 2.34. The van der Waals surface area contributed by atoms with Crippen LogP contribution in [0.4, 0.5) is 5.69 Å². The number of aryl methyl sites for hydroxylation is 1. The van der Waals surface area contributed by atoms with Crippen LogP contribution >= 0.6 is 15.9 Å². The van der Waals surface area contributed by atoms with Crippen molar-refractivity contribution in [3.63, 3.8) is 0 Å². The van der Waals surface area contributed by atoms with E-state index in [9.17, 15) is 4.79 Å². The third-order valence-electron chi connectivity index (χ3n) is 2.82. The molecule has 0 aliphatic heterocycles. The maximum atomic E-state index is 12.1. The second-order valence-electron chi connectivity index (χ2n) is 4.36. The smallest absolute Gasteiger partial charge is 0.245 e. The Balaban J connectivity index is 2.13. The Morgan fingerprint density at radius 2 is 1.89 bits per heavy atom. The number of hydrogen-bond donors (Lipinski definition) is 2. The second kappa shape index (κ2) is 5.99. The molecule has 0 heterocycles. The lowest BCUT2D eigenvalue weighted by atomic mass is 10.1. The van der Waals surface area contributed by atoms with Crippen molar-refractivity contribution in [3.05, 3.63) is 64.1 Å². The number of rotatable bonds is 3. The highest BCUT2D eigenvalue weighted by Gasteiger charge is 2.16. The van der Waals surface area contributed by atoms with Crippen molar-refractivity contribution in [1.29, 1.82) is 0 Å². The van der Waals surface area contributed by atoms with E-state index in [4.69, 9.17) is 5.73 Å². The molecule has 2 aromatic carbocycles. The molecule has 0 bridgehead atoms. The van der Waals surface area contributed by atoms with E-state index in [0.29, 0.717) is 0 Å². The molecule has 3 N–H and O–H groups in total. The summed E-state index contributed by atoms with van der Waals surface area (Å²) in [6.45, 7) is 1.99. The quantitative estimate of drug-likeness (QED) is 0.911. The molecule has 0 aromatic heterocycles. The van der Waals surface area contributed by atoms with Crippen molar-refractivity contribution in [2.75, 3.05) is 5.32 Å². The first-order valence-electron chi connectivity index (χ1n) is 5.95. The van der Waals surface area contributed by atoms with Crippen LogP contribution in [-0.2, 0) is 4.79 Å². The number of hydrogen-bond acceptors (Lipinski definition) is 2. The lowest BCUT2D eigenvalue weighted by Gasteiger charge is -2.13. The first-order chi connectivity index (χ1) is 9.08. The topological polar surface area (TPSA) is 55.1 Å². The lowest BCUT2D eigenvalue weighted by molar-refractivity contribution is -0.117. The van der Waals surface area contributed by atoms with Crippen molar-refractivity contribution in [2.45, 2.75) is 13.0 Å². The molecule has 1 atom stereocenters. The average molecular weight is 319 g/mol. The van der Waals surface area contributed by atoms with Gasteiger partial charge in [-0.3, -0.25) is 4.79 Å². The number of amides is 1. The fraction of sp³-hybridized carbons (Fsp3) is 0.133. The molecular formula is C15H15BrN2O. The number of nitrogens with one attached hydrogen (secondary N) is 1. The fourth-order valence-electron chi connectivity index (χ4n) is 1.74. The van der Waals surface area contributed by atoms with Gasteiger partial charge in [-0.05, 0) is 46.1 Å². The predicted octanol–water partition coefficient (Wildman–Crippen LogP) is 3.40. The number of nitrogens with two attached hydrogens (primary N) is 1. The van der Waals surface area contributed by atoms with Gasteiger partial charge in [0, 0.05) is 4.47 Å². The SMILES string of the molecule is Cc1ccc(NC(=O)[C@H](N)c2ccccc2)c(Br)c1. The van der Waals surface area contributed by atoms with Gasteiger partial charge in [-0.25, -0.2) is 0 Å². The Morgan fingerprint density at radius 3 is 2.53 bits per heavy atom. The van der Waals surface area contributed by atoms with Gasteiger partial charge >= 0.3 is 0 Å². The van der Waals surface area contributed by atoms with Gasteiger partial charge in [0.05, 0.1) is 5.69 Å². The van der Waals surface area contributed by atoms with E-state index in [1.807, 2.05) is 55.5 Å². The van der Waals surface area contributed by atoms with Crippen molar-refractivity contribution < 1.29 is 4.79 Å². The zero-order valence-corrected chi connectivity index (χ0v) is 12.1. The summed E-state index contributed by atoms with van der Waals surface area (Å²) in [7, 11) is 0. The van der Waals surface area contributed by atoms with Crippen molar-refractivity contribution in [1.82, 2.24) is 0 Å². The summed E-state index contributed by atoms with van der Waals surface area (Å²) in [6.07, 6.45) is 0. The third-order valence-corrected chi connectivity index (χ3v) is 3.48. The molecule has 2 rings (SSSR count). The summed E-state index contributed by atoms with van der Waals surface area (Å²) in [4.78, 5) is 12.1. The summed E-state index contributed by atoms with van der Waals surface area (Å²) >= 11 is 3.43. The van der Waals surface area contributed by atoms with E-state index in [-0.39, 0.29) is 5.91 Å². The summed E-state index contributed by atoms with van der Waals surface area (Å²) < 4.78 is 0.848. The number of carbonyl (C=O) groups is 1. The van der Waals surface area contributed by atoms with Gasteiger partial charge in [0.2, 0.25) is 5.91 Å². The van der Waals surface area contributed by atoms with Crippen LogP contribution in [0, 0.1) is 6.92 Å². The van der Waals surface area contributed by atoms with Crippen LogP contribution in [0.1, 0.15) is 17.2 Å². The maximum Gasteiger partial charge on any atom is 0.245 e. The molecular weight excluding hydrogens is 304 g/mol. The minimum Gasteiger partial charge on any atom is -0.323 e. The number of benzene rings is 2. The van der Waals surface area contributed by atoms with E-state index in [2.05, 4.69) is 21.2 Å². The molecule has 3 nitrogen and oxygen atoms in total. The van der Waals surface area contributed by atoms with Gasteiger partial charge < -0.3 is 11.1 Å². The number of anilines is 1. The number of carbonyl (C=O) groups excluding carboxylic acids is 1. The van der Waals surface area contributed by atoms with Crippen LogP contribution in [-0.4, -0.2) is 5.91 Å². The molecule has 2 aromatic rings. The van der Waals surface area contributed by atoms with Crippen LogP contribution < -0.4 is 11.1 Å². The van der Waals surface area contributed by atoms with E-state index in [1.165, 1.54) is 0 Å². The largest absolute Gasteiger partial charge is 0.323 e. The highest BCUT2D eigenvalue weighted by molar-refractivity contribution is 9.10. The first-order valence-corrected chi connectivity index (χ1v) is 6.75. The van der Waals surface area contributed by atoms with Gasteiger partial charge in [0.15, 0.2) is 0 Å². The highest BCUT2D eigenvalue weighted by Crippen LogP contribution is 2.24. The molecule has 0 radical (unpaired) electrons. The highest BCUT2D eigenvalue weighted by atomic mass is 79.9. The van der Waals surface area contributed by atoms with Crippen molar-refractivity contribution in [2.24, 2.45) is 5.73 Å². The maximum absolute atomic E-state index is 12.1. The summed E-state index contributed by atoms with van der Waals surface area (Å²) in [5.41, 5.74) is 8.58. The van der Waals surface area contributed by atoms with Gasteiger partial charge in [-0.15, -0.1) is 0 Å². The molecule has 0 unspecified atom stereocenters. The molecule has 0 aliphatic rings. The zero-order chi connectivity index (χ0) is 13.8. The van der Waals surface area contributed by atoms with Crippen molar-refractivity contribution >= 4 is 27.5 Å². The van der Waals surface area contributed by atoms with E-state index in [1.54, 1.807) is 0 Å². The minimum atomic E-state index is -0.672. The van der Waals surface area contributed by atoms with E-state index < -0.39 is 6.04 Å². The molecule has 19 heavy (non-hydrogen) atoms. The molecule has 0 saturated carbocycles. The second-order valence-corrected chi connectivity index (χ2v) is 5.22. The van der Waals surface area contributed by atoms with Crippen LogP contribution in [0.5, 0.6) is 0 Å². The standard InChI is InChI=1S/C15H15BrN2O/c1-10-7-8-13(12(16)9-10)18-15(19)14(17)11-5-3-2-4-6-11/h2-9,14H,17H2,1H3,(H,18,19)/t14-/m1/s1. The Labute approximate surface area is 121 Å². The molecule has 4 heteroatoms. The van der Waals surface area contributed by atoms with Crippen LogP contribution in [0.3, 0.4) is 0 Å². The van der Waals surface area contributed by atoms with Crippen LogP contribution in [0.25, 0.3) is 0 Å². The van der Waals surface area contributed by atoms with Gasteiger partial charge in [0.25, 0.3) is 0 Å². The average Bonchev–Trinajstić information content (AvgIpc) is 2.42. The summed E-state index contributed by atoms with van der Waals surface area (Å²) in [5, 5.41) is 2.82. The molecule has 1 amide bonds. The third kappa shape index (κ3) is 3.43. The Kier molecular flexibility index (Phi) is 4.35. The van der Waals surface area contributed by atoms with Crippen LogP contribution in [0.2, 0.25) is 0 Å². The van der Waals surface area contributed by atoms with Gasteiger partial charge in [-0.2, -0.15) is 0 Å². The Hall–Kier alpha value is -1.65. The molecule has 0 aliphatic carbocycles. The predicted molar refractivity (Wildman–Crippen MR) is 80.9 cm³/mol. The first kappa shape index (κ1) is 13.8. The molecule has 98 valence electrons. The van der Waals surface area contributed by atoms with Gasteiger partial charge in [0.1, 0.15) is 6.04 Å². The molecule has 0 fully saturated rings. The Bertz CT molecular complexity index is 584.